The van der Waals surface area contributed by atoms with Gasteiger partial charge in [0.25, 0.3) is 0 Å². The number of hydrogen-bond acceptors (Lipinski definition) is 4. The quantitative estimate of drug-likeness (QED) is 0.896. The van der Waals surface area contributed by atoms with E-state index in [0.717, 1.165) is 24.5 Å². The lowest BCUT2D eigenvalue weighted by Crippen LogP contribution is -2.33. The molecule has 1 aromatic rings. The number of hydrogen-bond donors (Lipinski definition) is 1. The van der Waals surface area contributed by atoms with Crippen molar-refractivity contribution in [3.63, 3.8) is 0 Å². The second-order valence-electron chi connectivity index (χ2n) is 5.23. The normalized spacial score (nSPS) is 20.5. The highest BCUT2D eigenvalue weighted by Crippen LogP contribution is 2.22. The summed E-state index contributed by atoms with van der Waals surface area (Å²) in [6.07, 6.45) is -1.58. The van der Waals surface area contributed by atoms with Crippen LogP contribution in [-0.2, 0) is 6.54 Å². The van der Waals surface area contributed by atoms with E-state index in [1.54, 1.807) is 6.20 Å². The summed E-state index contributed by atoms with van der Waals surface area (Å²) < 4.78 is 36.8. The number of nitrogens with one attached hydrogen (secondary N) is 1. The molecule has 1 unspecified atom stereocenters. The van der Waals surface area contributed by atoms with E-state index in [4.69, 9.17) is 0 Å². The minimum Gasteiger partial charge on any atom is -0.311 e. The molecular weight excluding hydrogens is 269 g/mol. The van der Waals surface area contributed by atoms with Gasteiger partial charge >= 0.3 is 6.18 Å². The van der Waals surface area contributed by atoms with Crippen LogP contribution in [0.1, 0.15) is 17.9 Å². The predicted octanol–water partition coefficient (Wildman–Crippen LogP) is 1.76. The van der Waals surface area contributed by atoms with Gasteiger partial charge in [-0.2, -0.15) is 13.2 Å². The average molecular weight is 288 g/mol. The Morgan fingerprint density at radius 3 is 2.95 bits per heavy atom. The first-order chi connectivity index (χ1) is 9.42. The smallest absolute Gasteiger partial charge is 0.311 e. The summed E-state index contributed by atoms with van der Waals surface area (Å²) in [7, 11) is 0. The van der Waals surface area contributed by atoms with Crippen LogP contribution in [0.4, 0.5) is 13.2 Å². The molecule has 1 aromatic heterocycles. The van der Waals surface area contributed by atoms with E-state index < -0.39 is 12.7 Å². The number of rotatable bonds is 5. The largest absolute Gasteiger partial charge is 0.401 e. The maximum Gasteiger partial charge on any atom is 0.401 e. The minimum absolute atomic E-state index is 0.278. The highest BCUT2D eigenvalue weighted by molar-refractivity contribution is 5.01. The van der Waals surface area contributed by atoms with Gasteiger partial charge < -0.3 is 5.32 Å². The summed E-state index contributed by atoms with van der Waals surface area (Å²) in [4.78, 5) is 9.76. The molecular formula is C13H19F3N4. The Hall–Kier alpha value is -1.21. The van der Waals surface area contributed by atoms with Crippen LogP contribution < -0.4 is 5.32 Å². The predicted molar refractivity (Wildman–Crippen MR) is 69.1 cm³/mol. The second-order valence-corrected chi connectivity index (χ2v) is 5.23. The third-order valence-electron chi connectivity index (χ3n) is 3.35. The first-order valence-electron chi connectivity index (χ1n) is 6.71. The average Bonchev–Trinajstić information content (AvgIpc) is 2.74. The minimum atomic E-state index is -4.10. The molecule has 1 aliphatic rings. The molecule has 0 bridgehead atoms. The number of nitrogens with zero attached hydrogens (tertiary/aromatic N) is 3. The number of aryl methyl sites for hydroxylation is 1. The van der Waals surface area contributed by atoms with Crippen LogP contribution in [0.15, 0.2) is 12.3 Å². The van der Waals surface area contributed by atoms with Crippen molar-refractivity contribution >= 4 is 0 Å². The molecule has 1 saturated heterocycles. The monoisotopic (exact) mass is 288 g/mol. The SMILES string of the molecule is Cc1nccc(CNCC2CCN(CC(F)(F)F)C2)n1. The molecule has 4 nitrogen and oxygen atoms in total. The second kappa shape index (κ2) is 6.49. The van der Waals surface area contributed by atoms with Crippen molar-refractivity contribution in [1.29, 1.82) is 0 Å². The van der Waals surface area contributed by atoms with Crippen LogP contribution in [-0.4, -0.2) is 47.2 Å². The Labute approximate surface area is 116 Å². The van der Waals surface area contributed by atoms with Crippen molar-refractivity contribution in [3.8, 4) is 0 Å². The van der Waals surface area contributed by atoms with Gasteiger partial charge in [0, 0.05) is 19.3 Å². The lowest BCUT2D eigenvalue weighted by atomic mass is 10.1. The molecule has 112 valence electrons. The van der Waals surface area contributed by atoms with Crippen molar-refractivity contribution in [2.24, 2.45) is 5.92 Å². The van der Waals surface area contributed by atoms with Gasteiger partial charge in [0.05, 0.1) is 12.2 Å². The fraction of sp³-hybridized carbons (Fsp3) is 0.692. The van der Waals surface area contributed by atoms with Gasteiger partial charge in [0.2, 0.25) is 0 Å². The molecule has 0 spiro atoms. The summed E-state index contributed by atoms with van der Waals surface area (Å²) >= 11 is 0. The molecule has 2 heterocycles. The fourth-order valence-electron chi connectivity index (χ4n) is 2.48. The van der Waals surface area contributed by atoms with Gasteiger partial charge in [-0.1, -0.05) is 0 Å². The number of aromatic nitrogens is 2. The van der Waals surface area contributed by atoms with E-state index in [0.29, 0.717) is 19.6 Å². The van der Waals surface area contributed by atoms with Crippen molar-refractivity contribution in [2.75, 3.05) is 26.2 Å². The number of likely N-dealkylation sites (tertiary alicyclic amines) is 1. The third-order valence-corrected chi connectivity index (χ3v) is 3.35. The van der Waals surface area contributed by atoms with Crippen molar-refractivity contribution in [3.05, 3.63) is 23.8 Å². The van der Waals surface area contributed by atoms with E-state index in [9.17, 15) is 13.2 Å². The maximum absolute atomic E-state index is 12.3. The molecule has 1 fully saturated rings. The Bertz CT molecular complexity index is 436. The maximum atomic E-state index is 12.3. The Morgan fingerprint density at radius 1 is 1.45 bits per heavy atom. The van der Waals surface area contributed by atoms with Gasteiger partial charge in [0.15, 0.2) is 0 Å². The zero-order chi connectivity index (χ0) is 14.6. The van der Waals surface area contributed by atoms with Gasteiger partial charge in [-0.3, -0.25) is 4.90 Å². The van der Waals surface area contributed by atoms with Crippen LogP contribution in [0.3, 0.4) is 0 Å². The van der Waals surface area contributed by atoms with E-state index >= 15 is 0 Å². The number of halogens is 3. The fourth-order valence-corrected chi connectivity index (χ4v) is 2.48. The van der Waals surface area contributed by atoms with Crippen LogP contribution >= 0.6 is 0 Å². The van der Waals surface area contributed by atoms with Gasteiger partial charge in [-0.05, 0) is 38.4 Å². The zero-order valence-corrected chi connectivity index (χ0v) is 11.5. The van der Waals surface area contributed by atoms with E-state index in [1.807, 2.05) is 13.0 Å². The summed E-state index contributed by atoms with van der Waals surface area (Å²) in [6.45, 7) is 3.41. The molecule has 1 atom stereocenters. The van der Waals surface area contributed by atoms with Gasteiger partial charge in [-0.15, -0.1) is 0 Å². The molecule has 0 aliphatic carbocycles. The lowest BCUT2D eigenvalue weighted by Gasteiger charge is -2.18. The summed E-state index contributed by atoms with van der Waals surface area (Å²) in [5, 5.41) is 3.26. The number of alkyl halides is 3. The molecule has 0 saturated carbocycles. The van der Waals surface area contributed by atoms with E-state index in [-0.39, 0.29) is 5.92 Å². The molecule has 0 radical (unpaired) electrons. The Morgan fingerprint density at radius 2 is 2.25 bits per heavy atom. The van der Waals surface area contributed by atoms with Gasteiger partial charge in [-0.25, -0.2) is 9.97 Å². The summed E-state index contributed by atoms with van der Waals surface area (Å²) in [5.41, 5.74) is 0.905. The molecule has 1 aliphatic heterocycles. The van der Waals surface area contributed by atoms with Crippen LogP contribution in [0.25, 0.3) is 0 Å². The molecule has 7 heteroatoms. The molecule has 20 heavy (non-hydrogen) atoms. The summed E-state index contributed by atoms with van der Waals surface area (Å²) in [5.74, 6) is 1.00. The molecule has 1 N–H and O–H groups in total. The highest BCUT2D eigenvalue weighted by atomic mass is 19.4. The molecule has 0 aromatic carbocycles. The van der Waals surface area contributed by atoms with Gasteiger partial charge in [0.1, 0.15) is 5.82 Å². The van der Waals surface area contributed by atoms with Crippen molar-refractivity contribution < 1.29 is 13.2 Å². The first kappa shape index (κ1) is 15.2. The third kappa shape index (κ3) is 5.05. The van der Waals surface area contributed by atoms with Crippen LogP contribution in [0.5, 0.6) is 0 Å². The first-order valence-corrected chi connectivity index (χ1v) is 6.71. The van der Waals surface area contributed by atoms with Crippen molar-refractivity contribution in [1.82, 2.24) is 20.2 Å². The van der Waals surface area contributed by atoms with E-state index in [1.165, 1.54) is 4.90 Å². The van der Waals surface area contributed by atoms with Crippen LogP contribution in [0, 0.1) is 12.8 Å². The van der Waals surface area contributed by atoms with Crippen molar-refractivity contribution in [2.45, 2.75) is 26.1 Å². The molecule has 0 amide bonds. The van der Waals surface area contributed by atoms with Crippen LogP contribution in [0.2, 0.25) is 0 Å². The highest BCUT2D eigenvalue weighted by Gasteiger charge is 2.34. The lowest BCUT2D eigenvalue weighted by molar-refractivity contribution is -0.143. The Kier molecular flexibility index (Phi) is 4.93. The van der Waals surface area contributed by atoms with E-state index in [2.05, 4.69) is 15.3 Å². The Balaban J connectivity index is 1.68. The zero-order valence-electron chi connectivity index (χ0n) is 11.5. The topological polar surface area (TPSA) is 41.1 Å². The standard InChI is InChI=1S/C13H19F3N4/c1-10-18-4-2-12(19-10)7-17-6-11-3-5-20(8-11)9-13(14,15)16/h2,4,11,17H,3,5-9H2,1H3. The summed E-state index contributed by atoms with van der Waals surface area (Å²) in [6, 6.07) is 1.84. The molecule has 2 rings (SSSR count).